The summed E-state index contributed by atoms with van der Waals surface area (Å²) in [4.78, 5) is 0.909. The van der Waals surface area contributed by atoms with Gasteiger partial charge in [0.1, 0.15) is 0 Å². The molecule has 0 radical (unpaired) electrons. The summed E-state index contributed by atoms with van der Waals surface area (Å²) in [5.41, 5.74) is 0. The van der Waals surface area contributed by atoms with Crippen LogP contribution in [0.2, 0.25) is 0 Å². The van der Waals surface area contributed by atoms with Crippen LogP contribution in [0.25, 0.3) is 0 Å². The van der Waals surface area contributed by atoms with E-state index in [-0.39, 0.29) is 11.5 Å². The van der Waals surface area contributed by atoms with E-state index in [1.165, 1.54) is 18.8 Å². The lowest BCUT2D eigenvalue weighted by Crippen LogP contribution is -2.19. The van der Waals surface area contributed by atoms with Crippen LogP contribution in [-0.4, -0.2) is 32.9 Å². The highest BCUT2D eigenvalue weighted by Gasteiger charge is 2.15. The minimum Gasteiger partial charge on any atom is -0.396 e. The molecule has 0 spiro atoms. The molecule has 15 heavy (non-hydrogen) atoms. The largest absolute Gasteiger partial charge is 0.396 e. The predicted molar refractivity (Wildman–Crippen MR) is 60.5 cm³/mol. The second-order valence-corrected chi connectivity index (χ2v) is 5.72. The number of aliphatic hydroxyl groups is 1. The smallest absolute Gasteiger partial charge is 0.241 e. The predicted octanol–water partition coefficient (Wildman–Crippen LogP) is 0.679. The number of benzene rings is 1. The molecule has 0 bridgehead atoms. The van der Waals surface area contributed by atoms with Gasteiger partial charge < -0.3 is 5.11 Å². The first-order valence-electron chi connectivity index (χ1n) is 4.38. The minimum absolute atomic E-state index is 0.0264. The lowest BCUT2D eigenvalue weighted by Gasteiger charge is -2.08. The second-order valence-electron chi connectivity index (χ2n) is 2.73. The zero-order chi connectivity index (χ0) is 11.3. The Morgan fingerprint density at radius 3 is 2.67 bits per heavy atom. The van der Waals surface area contributed by atoms with Crippen LogP contribution in [0.3, 0.4) is 0 Å². The summed E-state index contributed by atoms with van der Waals surface area (Å²) in [5.74, 6) is 0.482. The van der Waals surface area contributed by atoms with E-state index in [0.717, 1.165) is 0 Å². The minimum atomic E-state index is -3.41. The molecular formula is C9H13NO3S2. The number of aliphatic hydroxyl groups excluding tert-OH is 1. The van der Waals surface area contributed by atoms with Gasteiger partial charge in [-0.1, -0.05) is 12.1 Å². The Morgan fingerprint density at radius 1 is 1.40 bits per heavy atom. The number of hydrogen-bond acceptors (Lipinski definition) is 4. The first-order valence-corrected chi connectivity index (χ1v) is 6.85. The molecule has 1 aromatic rings. The van der Waals surface area contributed by atoms with Gasteiger partial charge >= 0.3 is 0 Å². The Labute approximate surface area is 93.8 Å². The Kier molecular flexibility index (Phi) is 4.59. The molecule has 0 aliphatic carbocycles. The first-order chi connectivity index (χ1) is 7.11. The molecule has 1 rings (SSSR count). The summed E-state index contributed by atoms with van der Waals surface area (Å²) >= 11 is 1.32. The molecule has 0 fully saturated rings. The van der Waals surface area contributed by atoms with E-state index in [1.807, 2.05) is 0 Å². The average molecular weight is 247 g/mol. The maximum Gasteiger partial charge on any atom is 0.241 e. The van der Waals surface area contributed by atoms with Crippen molar-refractivity contribution in [3.05, 3.63) is 24.3 Å². The van der Waals surface area contributed by atoms with Gasteiger partial charge in [0.15, 0.2) is 0 Å². The van der Waals surface area contributed by atoms with Crippen molar-refractivity contribution in [1.29, 1.82) is 0 Å². The van der Waals surface area contributed by atoms with Gasteiger partial charge in [0.05, 0.1) is 11.5 Å². The molecule has 0 aliphatic heterocycles. The number of sulfonamides is 1. The molecule has 0 saturated carbocycles. The van der Waals surface area contributed by atoms with E-state index in [0.29, 0.717) is 10.6 Å². The van der Waals surface area contributed by atoms with Crippen LogP contribution in [0, 0.1) is 0 Å². The second kappa shape index (κ2) is 5.50. The quantitative estimate of drug-likeness (QED) is 0.751. The van der Waals surface area contributed by atoms with Gasteiger partial charge in [-0.3, -0.25) is 0 Å². The van der Waals surface area contributed by atoms with Gasteiger partial charge in [0, 0.05) is 10.6 Å². The van der Waals surface area contributed by atoms with Crippen LogP contribution >= 0.6 is 11.8 Å². The van der Waals surface area contributed by atoms with Gasteiger partial charge in [-0.2, -0.15) is 0 Å². The van der Waals surface area contributed by atoms with Gasteiger partial charge in [0.2, 0.25) is 10.0 Å². The zero-order valence-electron chi connectivity index (χ0n) is 8.30. The normalized spacial score (nSPS) is 11.6. The molecule has 0 atom stereocenters. The molecular weight excluding hydrogens is 234 g/mol. The monoisotopic (exact) mass is 247 g/mol. The lowest BCUT2D eigenvalue weighted by atomic mass is 10.4. The number of rotatable bonds is 5. The third kappa shape index (κ3) is 3.20. The molecule has 6 heteroatoms. The van der Waals surface area contributed by atoms with E-state index < -0.39 is 10.0 Å². The van der Waals surface area contributed by atoms with Gasteiger partial charge in [-0.05, 0) is 19.2 Å². The van der Waals surface area contributed by atoms with E-state index in [4.69, 9.17) is 5.11 Å². The highest BCUT2D eigenvalue weighted by molar-refractivity contribution is 8.00. The third-order valence-corrected chi connectivity index (χ3v) is 4.41. The Hall–Kier alpha value is -0.560. The molecule has 4 nitrogen and oxygen atoms in total. The fourth-order valence-electron chi connectivity index (χ4n) is 1.06. The van der Waals surface area contributed by atoms with Crippen molar-refractivity contribution in [2.24, 2.45) is 0 Å². The van der Waals surface area contributed by atoms with E-state index in [1.54, 1.807) is 24.3 Å². The van der Waals surface area contributed by atoms with Crippen LogP contribution in [0.1, 0.15) is 0 Å². The van der Waals surface area contributed by atoms with E-state index in [2.05, 4.69) is 4.72 Å². The van der Waals surface area contributed by atoms with Crippen molar-refractivity contribution in [3.63, 3.8) is 0 Å². The molecule has 1 aromatic carbocycles. The van der Waals surface area contributed by atoms with Crippen LogP contribution in [0.4, 0.5) is 0 Å². The van der Waals surface area contributed by atoms with E-state index in [9.17, 15) is 8.42 Å². The summed E-state index contributed by atoms with van der Waals surface area (Å²) in [7, 11) is -2.03. The zero-order valence-corrected chi connectivity index (χ0v) is 9.94. The summed E-state index contributed by atoms with van der Waals surface area (Å²) in [6, 6.07) is 6.72. The fraction of sp³-hybridized carbons (Fsp3) is 0.333. The Balaban J connectivity index is 3.07. The number of nitrogens with one attached hydrogen (secondary N) is 1. The molecule has 0 aliphatic rings. The summed E-state index contributed by atoms with van der Waals surface area (Å²) in [6.07, 6.45) is 0. The number of hydrogen-bond donors (Lipinski definition) is 2. The standard InChI is InChI=1S/C9H13NO3S2/c1-10-15(12,13)9-5-3-2-4-8(9)14-7-6-11/h2-5,10-11H,6-7H2,1H3. The summed E-state index contributed by atoms with van der Waals surface area (Å²) in [5, 5.41) is 8.69. The maximum absolute atomic E-state index is 11.6. The van der Waals surface area contributed by atoms with Gasteiger partial charge in [0.25, 0.3) is 0 Å². The molecule has 0 unspecified atom stereocenters. The van der Waals surface area contributed by atoms with Crippen molar-refractivity contribution < 1.29 is 13.5 Å². The topological polar surface area (TPSA) is 66.4 Å². The van der Waals surface area contributed by atoms with Crippen molar-refractivity contribution in [1.82, 2.24) is 4.72 Å². The summed E-state index contributed by atoms with van der Waals surface area (Å²) in [6.45, 7) is 0.0264. The Bertz CT molecular complexity index is 417. The average Bonchev–Trinajstić information content (AvgIpc) is 2.26. The van der Waals surface area contributed by atoms with Crippen molar-refractivity contribution in [3.8, 4) is 0 Å². The molecule has 0 saturated heterocycles. The van der Waals surface area contributed by atoms with Crippen molar-refractivity contribution >= 4 is 21.8 Å². The maximum atomic E-state index is 11.6. The van der Waals surface area contributed by atoms with Crippen molar-refractivity contribution in [2.45, 2.75) is 9.79 Å². The summed E-state index contributed by atoms with van der Waals surface area (Å²) < 4.78 is 25.5. The van der Waals surface area contributed by atoms with Crippen LogP contribution in [0.15, 0.2) is 34.1 Å². The molecule has 84 valence electrons. The molecule has 0 aromatic heterocycles. The highest BCUT2D eigenvalue weighted by atomic mass is 32.2. The van der Waals surface area contributed by atoms with Crippen molar-refractivity contribution in [2.75, 3.05) is 19.4 Å². The van der Waals surface area contributed by atoms with Gasteiger partial charge in [-0.15, -0.1) is 11.8 Å². The Morgan fingerprint density at radius 2 is 2.07 bits per heavy atom. The van der Waals surface area contributed by atoms with Crippen LogP contribution in [-0.2, 0) is 10.0 Å². The molecule has 2 N–H and O–H groups in total. The van der Waals surface area contributed by atoms with Crippen LogP contribution < -0.4 is 4.72 Å². The fourth-order valence-corrected chi connectivity index (χ4v) is 3.07. The molecule has 0 amide bonds. The van der Waals surface area contributed by atoms with E-state index >= 15 is 0 Å². The SMILES string of the molecule is CNS(=O)(=O)c1ccccc1SCCO. The third-order valence-electron chi connectivity index (χ3n) is 1.76. The number of thioether (sulfide) groups is 1. The lowest BCUT2D eigenvalue weighted by molar-refractivity contribution is 0.322. The first kappa shape index (κ1) is 12.5. The molecule has 0 heterocycles. The van der Waals surface area contributed by atoms with Gasteiger partial charge in [-0.25, -0.2) is 13.1 Å². The van der Waals surface area contributed by atoms with Crippen LogP contribution in [0.5, 0.6) is 0 Å². The highest BCUT2D eigenvalue weighted by Crippen LogP contribution is 2.25.